The van der Waals surface area contributed by atoms with E-state index in [9.17, 15) is 24.0 Å². The molecule has 1 heterocycles. The summed E-state index contributed by atoms with van der Waals surface area (Å²) in [6.07, 6.45) is 3.40. The summed E-state index contributed by atoms with van der Waals surface area (Å²) in [4.78, 5) is 58.8. The number of amides is 4. The molecule has 0 atom stereocenters. The van der Waals surface area contributed by atoms with Gasteiger partial charge in [-0.2, -0.15) is 0 Å². The molecule has 1 aliphatic rings. The minimum absolute atomic E-state index is 0.0334. The standard InChI is InChI=1S/C15H19N3O6/c1-2-12(20)16-6-7-17(13(21)5-10-24-11-19)8-9-18-14(22)3-4-15(18)23/h2-4,11H,1,5-10H2,(H,16,20). The van der Waals surface area contributed by atoms with Crippen LogP contribution < -0.4 is 5.32 Å². The maximum absolute atomic E-state index is 12.1. The zero-order valence-electron chi connectivity index (χ0n) is 13.1. The quantitative estimate of drug-likeness (QED) is 0.215. The summed E-state index contributed by atoms with van der Waals surface area (Å²) in [6, 6.07) is 0. The van der Waals surface area contributed by atoms with Crippen molar-refractivity contribution in [2.24, 2.45) is 0 Å². The number of hydrogen-bond acceptors (Lipinski definition) is 6. The van der Waals surface area contributed by atoms with E-state index in [1.807, 2.05) is 0 Å². The second-order valence-electron chi connectivity index (χ2n) is 4.75. The molecule has 0 fully saturated rings. The van der Waals surface area contributed by atoms with Crippen molar-refractivity contribution in [2.45, 2.75) is 6.42 Å². The summed E-state index contributed by atoms with van der Waals surface area (Å²) in [5, 5.41) is 2.53. The normalized spacial score (nSPS) is 12.9. The van der Waals surface area contributed by atoms with E-state index in [4.69, 9.17) is 0 Å². The molecule has 1 aliphatic heterocycles. The second kappa shape index (κ2) is 9.93. The van der Waals surface area contributed by atoms with Gasteiger partial charge < -0.3 is 15.0 Å². The van der Waals surface area contributed by atoms with Gasteiger partial charge in [-0.25, -0.2) is 0 Å². The second-order valence-corrected chi connectivity index (χ2v) is 4.75. The van der Waals surface area contributed by atoms with Gasteiger partial charge in [-0.15, -0.1) is 0 Å². The van der Waals surface area contributed by atoms with E-state index in [0.29, 0.717) is 0 Å². The van der Waals surface area contributed by atoms with Gasteiger partial charge >= 0.3 is 0 Å². The van der Waals surface area contributed by atoms with E-state index >= 15 is 0 Å². The third-order valence-electron chi connectivity index (χ3n) is 3.21. The molecule has 0 aliphatic carbocycles. The zero-order valence-corrected chi connectivity index (χ0v) is 13.1. The summed E-state index contributed by atoms with van der Waals surface area (Å²) in [7, 11) is 0. The average molecular weight is 337 g/mol. The van der Waals surface area contributed by atoms with Crippen LogP contribution in [-0.2, 0) is 28.7 Å². The van der Waals surface area contributed by atoms with E-state index in [2.05, 4.69) is 16.6 Å². The van der Waals surface area contributed by atoms with Gasteiger partial charge in [0.1, 0.15) is 0 Å². The van der Waals surface area contributed by atoms with Crippen LogP contribution in [0.5, 0.6) is 0 Å². The van der Waals surface area contributed by atoms with E-state index in [1.165, 1.54) is 4.90 Å². The number of imide groups is 1. The van der Waals surface area contributed by atoms with E-state index in [1.54, 1.807) is 0 Å². The lowest BCUT2D eigenvalue weighted by Crippen LogP contribution is -2.44. The van der Waals surface area contributed by atoms with Crippen molar-refractivity contribution in [3.8, 4) is 0 Å². The first-order valence-corrected chi connectivity index (χ1v) is 7.26. The molecular weight excluding hydrogens is 318 g/mol. The Labute approximate surface area is 138 Å². The van der Waals surface area contributed by atoms with Crippen LogP contribution in [0.1, 0.15) is 6.42 Å². The number of nitrogens with one attached hydrogen (secondary N) is 1. The fraction of sp³-hybridized carbons (Fsp3) is 0.400. The molecule has 0 bridgehead atoms. The number of ether oxygens (including phenoxy) is 1. The van der Waals surface area contributed by atoms with Gasteiger partial charge in [0.2, 0.25) is 11.8 Å². The lowest BCUT2D eigenvalue weighted by molar-refractivity contribution is -0.140. The van der Waals surface area contributed by atoms with Crippen LogP contribution in [0.3, 0.4) is 0 Å². The number of carbonyl (C=O) groups excluding carboxylic acids is 5. The summed E-state index contributed by atoms with van der Waals surface area (Å²) in [5.74, 6) is -1.56. The van der Waals surface area contributed by atoms with Gasteiger partial charge in [0, 0.05) is 38.3 Å². The smallest absolute Gasteiger partial charge is 0.293 e. The van der Waals surface area contributed by atoms with Crippen LogP contribution in [0.2, 0.25) is 0 Å². The fourth-order valence-electron chi connectivity index (χ4n) is 1.97. The summed E-state index contributed by atoms with van der Waals surface area (Å²) < 4.78 is 4.49. The Morgan fingerprint density at radius 2 is 1.92 bits per heavy atom. The van der Waals surface area contributed by atoms with Crippen LogP contribution in [0, 0.1) is 0 Å². The number of nitrogens with zero attached hydrogens (tertiary/aromatic N) is 2. The molecule has 130 valence electrons. The Kier molecular flexibility index (Phi) is 7.89. The van der Waals surface area contributed by atoms with Crippen molar-refractivity contribution in [2.75, 3.05) is 32.8 Å². The lowest BCUT2D eigenvalue weighted by Gasteiger charge is -2.25. The first kappa shape index (κ1) is 19.1. The SMILES string of the molecule is C=CC(=O)NCCN(CCN1C(=O)C=CC1=O)C(=O)CCOC=O. The summed E-state index contributed by atoms with van der Waals surface area (Å²) in [6.45, 7) is 4.02. The first-order valence-electron chi connectivity index (χ1n) is 7.26. The minimum atomic E-state index is -0.434. The van der Waals surface area contributed by atoms with Crippen LogP contribution in [0.4, 0.5) is 0 Å². The molecule has 0 radical (unpaired) electrons. The topological polar surface area (TPSA) is 113 Å². The lowest BCUT2D eigenvalue weighted by atomic mass is 10.3. The maximum atomic E-state index is 12.1. The van der Waals surface area contributed by atoms with Gasteiger partial charge in [-0.3, -0.25) is 28.9 Å². The molecule has 9 nitrogen and oxygen atoms in total. The average Bonchev–Trinajstić information content (AvgIpc) is 2.89. The molecule has 1 rings (SSSR count). The van der Waals surface area contributed by atoms with E-state index < -0.39 is 11.8 Å². The Hall–Kier alpha value is -2.97. The Bertz CT molecular complexity index is 539. The highest BCUT2D eigenvalue weighted by Gasteiger charge is 2.24. The molecule has 9 heteroatoms. The molecule has 0 aromatic rings. The van der Waals surface area contributed by atoms with Crippen LogP contribution in [0.25, 0.3) is 0 Å². The Balaban J connectivity index is 2.55. The molecule has 4 amide bonds. The van der Waals surface area contributed by atoms with Gasteiger partial charge in [0.25, 0.3) is 18.3 Å². The van der Waals surface area contributed by atoms with Gasteiger partial charge in [0.15, 0.2) is 0 Å². The Morgan fingerprint density at radius 1 is 1.25 bits per heavy atom. The van der Waals surface area contributed by atoms with Crippen molar-refractivity contribution in [1.29, 1.82) is 0 Å². The molecule has 0 spiro atoms. The van der Waals surface area contributed by atoms with Crippen molar-refractivity contribution < 1.29 is 28.7 Å². The minimum Gasteiger partial charge on any atom is -0.467 e. The van der Waals surface area contributed by atoms with Gasteiger partial charge in [-0.05, 0) is 6.08 Å². The predicted molar refractivity (Wildman–Crippen MR) is 82.3 cm³/mol. The van der Waals surface area contributed by atoms with Crippen molar-refractivity contribution in [3.63, 3.8) is 0 Å². The van der Waals surface area contributed by atoms with Gasteiger partial charge in [0.05, 0.1) is 13.0 Å². The highest BCUT2D eigenvalue weighted by atomic mass is 16.5. The van der Waals surface area contributed by atoms with Crippen LogP contribution in [-0.4, -0.2) is 72.7 Å². The van der Waals surface area contributed by atoms with Crippen molar-refractivity contribution in [1.82, 2.24) is 15.1 Å². The molecule has 0 unspecified atom stereocenters. The zero-order chi connectivity index (χ0) is 17.9. The first-order chi connectivity index (χ1) is 11.5. The molecule has 0 aromatic heterocycles. The highest BCUT2D eigenvalue weighted by Crippen LogP contribution is 2.04. The molecule has 0 saturated carbocycles. The maximum Gasteiger partial charge on any atom is 0.293 e. The Morgan fingerprint density at radius 3 is 2.50 bits per heavy atom. The highest BCUT2D eigenvalue weighted by molar-refractivity contribution is 6.12. The van der Waals surface area contributed by atoms with E-state index in [0.717, 1.165) is 23.1 Å². The molecule has 1 N–H and O–H groups in total. The third kappa shape index (κ3) is 6.03. The van der Waals surface area contributed by atoms with Crippen LogP contribution >= 0.6 is 0 Å². The fourth-order valence-corrected chi connectivity index (χ4v) is 1.97. The molecule has 24 heavy (non-hydrogen) atoms. The predicted octanol–water partition coefficient (Wildman–Crippen LogP) is -1.39. The van der Waals surface area contributed by atoms with Crippen LogP contribution in [0.15, 0.2) is 24.8 Å². The molecule has 0 saturated heterocycles. The third-order valence-corrected chi connectivity index (χ3v) is 3.21. The number of rotatable bonds is 11. The van der Waals surface area contributed by atoms with Crippen molar-refractivity contribution >= 4 is 30.1 Å². The van der Waals surface area contributed by atoms with E-state index in [-0.39, 0.29) is 57.5 Å². The van der Waals surface area contributed by atoms with Crippen molar-refractivity contribution in [3.05, 3.63) is 24.8 Å². The molecule has 0 aromatic carbocycles. The monoisotopic (exact) mass is 337 g/mol. The number of hydrogen-bond donors (Lipinski definition) is 1. The van der Waals surface area contributed by atoms with Gasteiger partial charge in [-0.1, -0.05) is 6.58 Å². The largest absolute Gasteiger partial charge is 0.467 e. The molecular formula is C15H19N3O6. The number of carbonyl (C=O) groups is 5. The summed E-state index contributed by atoms with van der Waals surface area (Å²) >= 11 is 0. The summed E-state index contributed by atoms with van der Waals surface area (Å²) in [5.41, 5.74) is 0.